The van der Waals surface area contributed by atoms with Gasteiger partial charge in [-0.15, -0.1) is 10.2 Å². The molecule has 0 bridgehead atoms. The van der Waals surface area contributed by atoms with E-state index >= 15 is 0 Å². The van der Waals surface area contributed by atoms with Crippen molar-refractivity contribution in [2.24, 2.45) is 5.41 Å². The summed E-state index contributed by atoms with van der Waals surface area (Å²) in [7, 11) is 0. The van der Waals surface area contributed by atoms with Gasteiger partial charge in [-0.25, -0.2) is 0 Å². The fourth-order valence-electron chi connectivity index (χ4n) is 2.25. The van der Waals surface area contributed by atoms with E-state index in [2.05, 4.69) is 15.5 Å². The predicted molar refractivity (Wildman–Crippen MR) is 98.0 cm³/mol. The molecule has 1 N–H and O–H groups in total. The number of carbonyl (C=O) groups is 1. The summed E-state index contributed by atoms with van der Waals surface area (Å²) >= 11 is 0. The minimum atomic E-state index is -0.437. The molecule has 1 aromatic heterocycles. The fourth-order valence-corrected chi connectivity index (χ4v) is 2.25. The van der Waals surface area contributed by atoms with Crippen molar-refractivity contribution >= 4 is 11.6 Å². The van der Waals surface area contributed by atoms with Gasteiger partial charge < -0.3 is 9.73 Å². The number of amides is 1. The maximum atomic E-state index is 12.0. The van der Waals surface area contributed by atoms with Gasteiger partial charge in [-0.05, 0) is 43.3 Å². The summed E-state index contributed by atoms with van der Waals surface area (Å²) in [5.41, 5.74) is 3.14. The van der Waals surface area contributed by atoms with Crippen molar-refractivity contribution in [2.75, 3.05) is 5.32 Å². The highest BCUT2D eigenvalue weighted by Crippen LogP contribution is 2.26. The van der Waals surface area contributed by atoms with Crippen LogP contribution in [0.15, 0.2) is 52.9 Å². The van der Waals surface area contributed by atoms with Crippen molar-refractivity contribution in [3.63, 3.8) is 0 Å². The molecule has 0 fully saturated rings. The van der Waals surface area contributed by atoms with Crippen molar-refractivity contribution in [3.8, 4) is 22.9 Å². The van der Waals surface area contributed by atoms with E-state index in [9.17, 15) is 4.79 Å². The average molecular weight is 335 g/mol. The van der Waals surface area contributed by atoms with Crippen molar-refractivity contribution in [1.29, 1.82) is 0 Å². The number of aromatic nitrogens is 2. The highest BCUT2D eigenvalue weighted by molar-refractivity contribution is 5.94. The number of hydrogen-bond donors (Lipinski definition) is 1. The van der Waals surface area contributed by atoms with Crippen LogP contribution in [0.1, 0.15) is 26.3 Å². The number of carbonyl (C=O) groups excluding carboxylic acids is 1. The van der Waals surface area contributed by atoms with Crippen LogP contribution in [0.25, 0.3) is 22.9 Å². The normalized spacial score (nSPS) is 11.4. The Bertz CT molecular complexity index is 890. The fraction of sp³-hybridized carbons (Fsp3) is 0.250. The quantitative estimate of drug-likeness (QED) is 0.753. The number of hydrogen-bond acceptors (Lipinski definition) is 4. The van der Waals surface area contributed by atoms with Crippen molar-refractivity contribution in [3.05, 3.63) is 54.1 Å². The van der Waals surface area contributed by atoms with Crippen LogP contribution >= 0.6 is 0 Å². The molecule has 2 aromatic carbocycles. The van der Waals surface area contributed by atoms with E-state index in [-0.39, 0.29) is 5.91 Å². The molecule has 0 unspecified atom stereocenters. The largest absolute Gasteiger partial charge is 0.416 e. The van der Waals surface area contributed by atoms with E-state index in [1.54, 1.807) is 0 Å². The molecular weight excluding hydrogens is 314 g/mol. The first-order valence-corrected chi connectivity index (χ1v) is 8.15. The van der Waals surface area contributed by atoms with Gasteiger partial charge in [0.25, 0.3) is 0 Å². The highest BCUT2D eigenvalue weighted by atomic mass is 16.4. The molecule has 0 aliphatic rings. The zero-order valence-electron chi connectivity index (χ0n) is 14.8. The van der Waals surface area contributed by atoms with Crippen LogP contribution in [0.4, 0.5) is 5.69 Å². The van der Waals surface area contributed by atoms with Crippen molar-refractivity contribution in [1.82, 2.24) is 10.2 Å². The van der Waals surface area contributed by atoms with E-state index in [4.69, 9.17) is 4.42 Å². The van der Waals surface area contributed by atoms with Crippen LogP contribution in [0.5, 0.6) is 0 Å². The van der Waals surface area contributed by atoms with Crippen LogP contribution < -0.4 is 5.32 Å². The monoisotopic (exact) mass is 335 g/mol. The minimum Gasteiger partial charge on any atom is -0.416 e. The van der Waals surface area contributed by atoms with E-state index in [1.807, 2.05) is 76.2 Å². The molecule has 0 aliphatic carbocycles. The van der Waals surface area contributed by atoms with E-state index in [0.717, 1.165) is 22.4 Å². The Morgan fingerprint density at radius 3 is 2.20 bits per heavy atom. The molecule has 0 atom stereocenters. The van der Waals surface area contributed by atoms with Crippen LogP contribution in [-0.4, -0.2) is 16.1 Å². The van der Waals surface area contributed by atoms with Crippen LogP contribution in [0, 0.1) is 12.3 Å². The lowest BCUT2D eigenvalue weighted by molar-refractivity contribution is -0.123. The lowest BCUT2D eigenvalue weighted by Gasteiger charge is -2.17. The number of anilines is 1. The number of aryl methyl sites for hydroxylation is 1. The zero-order chi connectivity index (χ0) is 18.0. The van der Waals surface area contributed by atoms with E-state index in [1.165, 1.54) is 0 Å². The van der Waals surface area contributed by atoms with Crippen LogP contribution in [-0.2, 0) is 4.79 Å². The third-order valence-electron chi connectivity index (χ3n) is 3.76. The molecule has 0 radical (unpaired) electrons. The lowest BCUT2D eigenvalue weighted by Crippen LogP contribution is -2.27. The second-order valence-electron chi connectivity index (χ2n) is 7.06. The van der Waals surface area contributed by atoms with Gasteiger partial charge in [0.1, 0.15) is 0 Å². The van der Waals surface area contributed by atoms with Gasteiger partial charge in [0.2, 0.25) is 17.7 Å². The molecule has 5 nitrogen and oxygen atoms in total. The van der Waals surface area contributed by atoms with Crippen LogP contribution in [0.3, 0.4) is 0 Å². The number of benzene rings is 2. The third kappa shape index (κ3) is 3.94. The molecule has 3 rings (SSSR count). The topological polar surface area (TPSA) is 68.0 Å². The van der Waals surface area contributed by atoms with Gasteiger partial charge in [-0.1, -0.05) is 38.5 Å². The molecule has 3 aromatic rings. The predicted octanol–water partition coefficient (Wildman–Crippen LogP) is 4.70. The SMILES string of the molecule is Cc1cccc(-c2nnc(-c3ccc(NC(=O)C(C)(C)C)cc3)o2)c1. The molecule has 1 heterocycles. The molecule has 0 saturated heterocycles. The number of nitrogens with zero attached hydrogens (tertiary/aromatic N) is 2. The van der Waals surface area contributed by atoms with Crippen molar-refractivity contribution < 1.29 is 9.21 Å². The summed E-state index contributed by atoms with van der Waals surface area (Å²) in [5, 5.41) is 11.1. The number of rotatable bonds is 3. The minimum absolute atomic E-state index is 0.0280. The van der Waals surface area contributed by atoms with Gasteiger partial charge >= 0.3 is 0 Å². The molecule has 0 aliphatic heterocycles. The van der Waals surface area contributed by atoms with E-state index < -0.39 is 5.41 Å². The molecule has 0 spiro atoms. The average Bonchev–Trinajstić information content (AvgIpc) is 3.05. The Labute approximate surface area is 147 Å². The highest BCUT2D eigenvalue weighted by Gasteiger charge is 2.21. The molecule has 128 valence electrons. The summed E-state index contributed by atoms with van der Waals surface area (Å²) in [5.74, 6) is 0.911. The second kappa shape index (κ2) is 6.51. The summed E-state index contributed by atoms with van der Waals surface area (Å²) in [6, 6.07) is 15.3. The van der Waals surface area contributed by atoms with Gasteiger partial charge in [0.05, 0.1) is 0 Å². The Hall–Kier alpha value is -2.95. The summed E-state index contributed by atoms with van der Waals surface area (Å²) in [6.07, 6.45) is 0. The number of nitrogens with one attached hydrogen (secondary N) is 1. The molecule has 1 amide bonds. The van der Waals surface area contributed by atoms with Gasteiger partial charge in [0, 0.05) is 22.2 Å². The first kappa shape index (κ1) is 16.9. The Morgan fingerprint density at radius 2 is 1.60 bits per heavy atom. The zero-order valence-corrected chi connectivity index (χ0v) is 14.8. The summed E-state index contributed by atoms with van der Waals surface area (Å²) in [6.45, 7) is 7.65. The Kier molecular flexibility index (Phi) is 4.40. The third-order valence-corrected chi connectivity index (χ3v) is 3.76. The molecule has 25 heavy (non-hydrogen) atoms. The Morgan fingerprint density at radius 1 is 0.960 bits per heavy atom. The lowest BCUT2D eigenvalue weighted by atomic mass is 9.95. The summed E-state index contributed by atoms with van der Waals surface area (Å²) in [4.78, 5) is 12.0. The van der Waals surface area contributed by atoms with Gasteiger partial charge in [0.15, 0.2) is 0 Å². The Balaban J connectivity index is 1.78. The molecule has 5 heteroatoms. The first-order valence-electron chi connectivity index (χ1n) is 8.15. The maximum Gasteiger partial charge on any atom is 0.248 e. The molecule has 0 saturated carbocycles. The summed E-state index contributed by atoms with van der Waals surface area (Å²) < 4.78 is 5.78. The van der Waals surface area contributed by atoms with Crippen LogP contribution in [0.2, 0.25) is 0 Å². The standard InChI is InChI=1S/C20H21N3O2/c1-13-6-5-7-15(12-13)18-23-22-17(25-18)14-8-10-16(11-9-14)21-19(24)20(2,3)4/h5-12H,1-4H3,(H,21,24). The van der Waals surface area contributed by atoms with E-state index in [0.29, 0.717) is 11.8 Å². The first-order chi connectivity index (χ1) is 11.8. The smallest absolute Gasteiger partial charge is 0.248 e. The molecular formula is C20H21N3O2. The second-order valence-corrected chi connectivity index (χ2v) is 7.06. The maximum absolute atomic E-state index is 12.0. The van der Waals surface area contributed by atoms with Gasteiger partial charge in [-0.2, -0.15) is 0 Å². The van der Waals surface area contributed by atoms with Gasteiger partial charge in [-0.3, -0.25) is 4.79 Å². The van der Waals surface area contributed by atoms with Crippen molar-refractivity contribution in [2.45, 2.75) is 27.7 Å².